The van der Waals surface area contributed by atoms with Crippen LogP contribution in [0.5, 0.6) is 0 Å². The Morgan fingerprint density at radius 2 is 1.85 bits per heavy atom. The first-order chi connectivity index (χ1) is 19.9. The molecule has 10 heteroatoms. The summed E-state index contributed by atoms with van der Waals surface area (Å²) in [6.07, 6.45) is -1.16. The number of morpholine rings is 1. The highest BCUT2D eigenvalue weighted by Crippen LogP contribution is 2.32. The molecule has 2 aromatic carbocycles. The van der Waals surface area contributed by atoms with Crippen LogP contribution < -0.4 is 10.0 Å². The number of aliphatic hydroxyl groups excluding tert-OH is 2. The fraction of sp³-hybridized carbons (Fsp3) is 0.452. The lowest BCUT2D eigenvalue weighted by Gasteiger charge is -2.30. The van der Waals surface area contributed by atoms with Gasteiger partial charge in [0.15, 0.2) is 6.29 Å². The molecule has 3 atom stereocenters. The van der Waals surface area contributed by atoms with E-state index in [0.29, 0.717) is 17.9 Å². The van der Waals surface area contributed by atoms with Gasteiger partial charge in [0, 0.05) is 69.7 Å². The summed E-state index contributed by atoms with van der Waals surface area (Å²) in [5, 5.41) is 35.4. The Labute approximate surface area is 245 Å². The van der Waals surface area contributed by atoms with Crippen molar-refractivity contribution in [1.29, 1.82) is 5.26 Å². The quantitative estimate of drug-likeness (QED) is 0.210. The number of fused-ring (bicyclic) bond motifs is 1. The third kappa shape index (κ3) is 7.50. The highest BCUT2D eigenvalue weighted by atomic mass is 32.2. The number of allylic oxidation sites excluding steroid dienone is 2. The summed E-state index contributed by atoms with van der Waals surface area (Å²) in [5.41, 5.74) is 5.14. The van der Waals surface area contributed by atoms with Crippen LogP contribution in [0.4, 0.5) is 5.69 Å². The van der Waals surface area contributed by atoms with Crippen LogP contribution in [0.2, 0.25) is 0 Å². The summed E-state index contributed by atoms with van der Waals surface area (Å²) in [5.74, 6) is 0. The van der Waals surface area contributed by atoms with E-state index < -0.39 is 12.4 Å². The minimum absolute atomic E-state index is 0.229. The number of aromatic nitrogens is 1. The molecule has 0 saturated carbocycles. The van der Waals surface area contributed by atoms with Gasteiger partial charge in [-0.25, -0.2) is 0 Å². The highest BCUT2D eigenvalue weighted by molar-refractivity contribution is 8.01. The number of ether oxygens (including phenoxy) is 2. The average Bonchev–Trinajstić information content (AvgIpc) is 3.36. The molecule has 0 amide bonds. The maximum Gasteiger partial charge on any atom is 0.157 e. The maximum absolute atomic E-state index is 9.86. The molecule has 0 spiro atoms. The van der Waals surface area contributed by atoms with Crippen LogP contribution in [0, 0.1) is 11.3 Å². The molecule has 2 aliphatic heterocycles. The molecule has 218 valence electrons. The SMILES string of the molecule is C/C(=C(/C#N)SNCC1CC(O)CC(O)O1)c1ccc(-c2ccc3cc(NCCN4CCOCC4)ccc3c2)n1C. The number of hydrogen-bond donors (Lipinski definition) is 4. The minimum atomic E-state index is -0.954. The van der Waals surface area contributed by atoms with Gasteiger partial charge in [0.2, 0.25) is 0 Å². The molecule has 3 heterocycles. The fourth-order valence-corrected chi connectivity index (χ4v) is 6.20. The monoisotopic (exact) mass is 577 g/mol. The number of hydrogen-bond acceptors (Lipinski definition) is 9. The normalized spacial score (nSPS) is 22.4. The molecule has 2 aliphatic rings. The highest BCUT2D eigenvalue weighted by Gasteiger charge is 2.27. The first kappa shape index (κ1) is 29.6. The van der Waals surface area contributed by atoms with Gasteiger partial charge in [0.1, 0.15) is 11.0 Å². The first-order valence-electron chi connectivity index (χ1n) is 14.2. The molecular formula is C31H39N5O4S. The number of benzene rings is 2. The van der Waals surface area contributed by atoms with Crippen LogP contribution in [0.25, 0.3) is 27.6 Å². The molecule has 2 saturated heterocycles. The van der Waals surface area contributed by atoms with Gasteiger partial charge in [-0.1, -0.05) is 18.2 Å². The van der Waals surface area contributed by atoms with Crippen LogP contribution in [0.3, 0.4) is 0 Å². The molecule has 4 N–H and O–H groups in total. The lowest BCUT2D eigenvalue weighted by atomic mass is 10.0. The number of nitrogens with zero attached hydrogens (tertiary/aromatic N) is 3. The molecule has 0 bridgehead atoms. The van der Waals surface area contributed by atoms with Crippen LogP contribution in [-0.4, -0.2) is 84.1 Å². The van der Waals surface area contributed by atoms with Crippen LogP contribution in [0.1, 0.15) is 25.5 Å². The van der Waals surface area contributed by atoms with E-state index in [9.17, 15) is 15.5 Å². The Morgan fingerprint density at radius 3 is 2.63 bits per heavy atom. The van der Waals surface area contributed by atoms with E-state index in [0.717, 1.165) is 67.6 Å². The van der Waals surface area contributed by atoms with Crippen molar-refractivity contribution >= 4 is 34.0 Å². The summed E-state index contributed by atoms with van der Waals surface area (Å²) in [6.45, 7) is 7.92. The van der Waals surface area contributed by atoms with E-state index in [2.05, 4.69) is 68.0 Å². The average molecular weight is 578 g/mol. The van der Waals surface area contributed by atoms with Gasteiger partial charge in [0.25, 0.3) is 0 Å². The van der Waals surface area contributed by atoms with Crippen molar-refractivity contribution in [3.8, 4) is 17.3 Å². The fourth-order valence-electron chi connectivity index (χ4n) is 5.48. The number of nitriles is 1. The van der Waals surface area contributed by atoms with E-state index in [-0.39, 0.29) is 12.5 Å². The molecule has 9 nitrogen and oxygen atoms in total. The van der Waals surface area contributed by atoms with Crippen LogP contribution in [-0.2, 0) is 16.5 Å². The van der Waals surface area contributed by atoms with Crippen molar-refractivity contribution in [2.24, 2.45) is 7.05 Å². The Kier molecular flexibility index (Phi) is 10.0. The number of rotatable bonds is 10. The zero-order valence-electron chi connectivity index (χ0n) is 23.7. The first-order valence-corrected chi connectivity index (χ1v) is 15.0. The predicted molar refractivity (Wildman–Crippen MR) is 164 cm³/mol. The largest absolute Gasteiger partial charge is 0.393 e. The van der Waals surface area contributed by atoms with Gasteiger partial charge < -0.3 is 29.6 Å². The molecule has 3 aromatic rings. The summed E-state index contributed by atoms with van der Waals surface area (Å²) in [7, 11) is 2.02. The van der Waals surface area contributed by atoms with Crippen molar-refractivity contribution in [3.05, 3.63) is 59.1 Å². The summed E-state index contributed by atoms with van der Waals surface area (Å²) < 4.78 is 16.2. The standard InChI is InChI=1S/C31H39N5O4S/c1-21(30(19-32)41-34-20-27-17-26(37)18-31(38)40-27)28-7-8-29(35(28)2)24-4-3-23-16-25(6-5-22(23)15-24)33-9-10-36-11-13-39-14-12-36/h3-8,15-16,26-27,31,33-34,37-38H,9-14,17-18,20H2,1-2H3/b30-21+. The van der Waals surface area contributed by atoms with Gasteiger partial charge in [-0.15, -0.1) is 0 Å². The van der Waals surface area contributed by atoms with E-state index in [4.69, 9.17) is 9.47 Å². The topological polar surface area (TPSA) is 115 Å². The van der Waals surface area contributed by atoms with Gasteiger partial charge in [-0.05, 0) is 71.1 Å². The molecule has 41 heavy (non-hydrogen) atoms. The third-order valence-electron chi connectivity index (χ3n) is 7.79. The molecule has 3 unspecified atom stereocenters. The zero-order chi connectivity index (χ0) is 28.8. The molecule has 0 radical (unpaired) electrons. The summed E-state index contributed by atoms with van der Waals surface area (Å²) in [6, 6.07) is 19.5. The molecule has 2 fully saturated rings. The van der Waals surface area contributed by atoms with Crippen LogP contribution in [0.15, 0.2) is 53.4 Å². The van der Waals surface area contributed by atoms with Crippen molar-refractivity contribution in [1.82, 2.24) is 14.2 Å². The molecule has 5 rings (SSSR count). The summed E-state index contributed by atoms with van der Waals surface area (Å²) in [4.78, 5) is 2.98. The Balaban J connectivity index is 1.23. The van der Waals surface area contributed by atoms with Crippen molar-refractivity contribution in [2.45, 2.75) is 38.3 Å². The van der Waals surface area contributed by atoms with E-state index >= 15 is 0 Å². The van der Waals surface area contributed by atoms with Gasteiger partial charge in [-0.2, -0.15) is 5.26 Å². The van der Waals surface area contributed by atoms with Crippen molar-refractivity contribution in [2.75, 3.05) is 51.3 Å². The number of aliphatic hydroxyl groups is 2. The molecule has 0 aliphatic carbocycles. The second kappa shape index (κ2) is 13.9. The van der Waals surface area contributed by atoms with Gasteiger partial charge in [-0.3, -0.25) is 9.62 Å². The minimum Gasteiger partial charge on any atom is -0.393 e. The van der Waals surface area contributed by atoms with E-state index in [1.54, 1.807) is 0 Å². The Bertz CT molecular complexity index is 1400. The van der Waals surface area contributed by atoms with Gasteiger partial charge in [0.05, 0.1) is 25.4 Å². The lowest BCUT2D eigenvalue weighted by molar-refractivity contribution is -0.186. The second-order valence-corrected chi connectivity index (χ2v) is 11.6. The third-order valence-corrected chi connectivity index (χ3v) is 8.70. The number of anilines is 1. The lowest BCUT2D eigenvalue weighted by Crippen LogP contribution is -2.39. The second-order valence-electron chi connectivity index (χ2n) is 10.7. The number of nitrogens with one attached hydrogen (secondary N) is 2. The summed E-state index contributed by atoms with van der Waals surface area (Å²) >= 11 is 1.25. The Morgan fingerprint density at radius 1 is 1.07 bits per heavy atom. The van der Waals surface area contributed by atoms with E-state index in [1.807, 2.05) is 20.0 Å². The van der Waals surface area contributed by atoms with Crippen molar-refractivity contribution < 1.29 is 19.7 Å². The van der Waals surface area contributed by atoms with E-state index in [1.165, 1.54) is 22.7 Å². The molecule has 1 aromatic heterocycles. The maximum atomic E-state index is 9.86. The van der Waals surface area contributed by atoms with Crippen LogP contribution >= 0.6 is 11.9 Å². The zero-order valence-corrected chi connectivity index (χ0v) is 24.5. The predicted octanol–water partition coefficient (Wildman–Crippen LogP) is 3.94. The van der Waals surface area contributed by atoms with Gasteiger partial charge >= 0.3 is 0 Å². The smallest absolute Gasteiger partial charge is 0.157 e. The Hall–Kier alpha value is -2.88. The van der Waals surface area contributed by atoms with Crippen molar-refractivity contribution in [3.63, 3.8) is 0 Å². The molecular weight excluding hydrogens is 538 g/mol.